The fraction of sp³-hybridized carbons (Fsp3) is 0.231. The molecule has 36 heavy (non-hydrogen) atoms. The van der Waals surface area contributed by atoms with E-state index in [2.05, 4.69) is 9.72 Å². The van der Waals surface area contributed by atoms with Crippen LogP contribution in [0.5, 0.6) is 16.7 Å². The highest BCUT2D eigenvalue weighted by atomic mass is 32.1. The first-order chi connectivity index (χ1) is 17.2. The largest absolute Gasteiger partial charge is 0.507 e. The summed E-state index contributed by atoms with van der Waals surface area (Å²) < 4.78 is 28.4. The van der Waals surface area contributed by atoms with Crippen LogP contribution >= 0.6 is 11.3 Å². The van der Waals surface area contributed by atoms with Crippen LogP contribution in [-0.2, 0) is 9.53 Å². The van der Waals surface area contributed by atoms with Gasteiger partial charge in [0.1, 0.15) is 28.6 Å². The minimum Gasteiger partial charge on any atom is -0.507 e. The number of aromatic hydroxyl groups is 1. The molecule has 1 unspecified atom stereocenters. The highest BCUT2D eigenvalue weighted by Gasteiger charge is 2.22. The summed E-state index contributed by atoms with van der Waals surface area (Å²) in [5.41, 5.74) is -1.22. The highest BCUT2D eigenvalue weighted by molar-refractivity contribution is 7.14. The van der Waals surface area contributed by atoms with Gasteiger partial charge in [-0.1, -0.05) is 24.3 Å². The second-order valence-corrected chi connectivity index (χ2v) is 8.87. The third-order valence-corrected chi connectivity index (χ3v) is 5.94. The van der Waals surface area contributed by atoms with Gasteiger partial charge in [0.05, 0.1) is 12.0 Å². The van der Waals surface area contributed by atoms with Gasteiger partial charge in [-0.15, -0.1) is 0 Å². The van der Waals surface area contributed by atoms with Gasteiger partial charge in [0, 0.05) is 24.3 Å². The van der Waals surface area contributed by atoms with Crippen molar-refractivity contribution in [2.24, 2.45) is 0 Å². The van der Waals surface area contributed by atoms with Crippen LogP contribution in [0.4, 0.5) is 4.39 Å². The number of benzene rings is 1. The zero-order valence-corrected chi connectivity index (χ0v) is 20.6. The van der Waals surface area contributed by atoms with Crippen LogP contribution < -0.4 is 10.4 Å². The lowest BCUT2D eigenvalue weighted by Gasteiger charge is -2.11. The summed E-state index contributed by atoms with van der Waals surface area (Å²) in [6.45, 7) is 3.30. The summed E-state index contributed by atoms with van der Waals surface area (Å²) in [6, 6.07) is 6.72. The Morgan fingerprint density at radius 3 is 2.67 bits per heavy atom. The first-order valence-electron chi connectivity index (χ1n) is 10.9. The molecule has 188 valence electrons. The van der Waals surface area contributed by atoms with E-state index in [1.165, 1.54) is 62.7 Å². The molecule has 0 aliphatic heterocycles. The van der Waals surface area contributed by atoms with Crippen LogP contribution in [-0.4, -0.2) is 29.0 Å². The molecule has 0 saturated heterocycles. The van der Waals surface area contributed by atoms with Gasteiger partial charge in [0.15, 0.2) is 5.78 Å². The molecule has 3 aromatic rings. The molecule has 8 nitrogen and oxygen atoms in total. The second-order valence-electron chi connectivity index (χ2n) is 7.84. The van der Waals surface area contributed by atoms with Crippen LogP contribution in [0.25, 0.3) is 6.08 Å². The van der Waals surface area contributed by atoms with Crippen molar-refractivity contribution < 1.29 is 33.0 Å². The molecule has 0 fully saturated rings. The van der Waals surface area contributed by atoms with Gasteiger partial charge < -0.3 is 19.0 Å². The molecule has 1 aromatic carbocycles. The number of aromatic nitrogens is 1. The van der Waals surface area contributed by atoms with E-state index in [1.54, 1.807) is 13.0 Å². The fourth-order valence-electron chi connectivity index (χ4n) is 3.15. The number of esters is 1. The third kappa shape index (κ3) is 6.98. The predicted molar refractivity (Wildman–Crippen MR) is 132 cm³/mol. The van der Waals surface area contributed by atoms with E-state index in [0.717, 1.165) is 11.3 Å². The average molecular weight is 514 g/mol. The van der Waals surface area contributed by atoms with Crippen LogP contribution in [0, 0.1) is 5.82 Å². The fourth-order valence-corrected chi connectivity index (χ4v) is 3.94. The maximum atomic E-state index is 13.0. The smallest absolute Gasteiger partial charge is 0.351 e. The molecule has 3 rings (SSSR count). The first kappa shape index (κ1) is 26.6. The number of carbonyl (C=O) groups is 2. The predicted octanol–water partition coefficient (Wildman–Crippen LogP) is 5.63. The molecular formula is C26H24FNO7S. The normalized spacial score (nSPS) is 12.5. The quantitative estimate of drug-likeness (QED) is 0.211. The van der Waals surface area contributed by atoms with Crippen molar-refractivity contribution >= 4 is 29.2 Å². The Balaban J connectivity index is 1.70. The molecule has 10 heteroatoms. The Bertz CT molecular complexity index is 1360. The number of Topliss-reactive ketones (excluding diaryl/α,β-unsaturated/α-hetero) is 1. The number of hydrogen-bond donors (Lipinski definition) is 1. The molecule has 0 amide bonds. The van der Waals surface area contributed by atoms with E-state index >= 15 is 0 Å². The number of methoxy groups -OCH3 is 1. The molecule has 0 radical (unpaired) electrons. The number of allylic oxidation sites excluding steroid dienone is 2. The van der Waals surface area contributed by atoms with Crippen molar-refractivity contribution in [3.63, 3.8) is 0 Å². The Kier molecular flexibility index (Phi) is 8.91. The van der Waals surface area contributed by atoms with E-state index in [4.69, 9.17) is 9.15 Å². The van der Waals surface area contributed by atoms with Crippen molar-refractivity contribution in [1.29, 1.82) is 0 Å². The molecule has 1 atom stereocenters. The average Bonchev–Trinajstić information content (AvgIpc) is 3.28. The van der Waals surface area contributed by atoms with Crippen LogP contribution in [0.3, 0.4) is 0 Å². The summed E-state index contributed by atoms with van der Waals surface area (Å²) in [5.74, 6) is -1.62. The van der Waals surface area contributed by atoms with Crippen molar-refractivity contribution in [1.82, 2.24) is 4.98 Å². The Hall–Kier alpha value is -4.05. The molecule has 2 heterocycles. The maximum absolute atomic E-state index is 13.0. The maximum Gasteiger partial charge on any atom is 0.351 e. The van der Waals surface area contributed by atoms with Gasteiger partial charge in [-0.3, -0.25) is 4.79 Å². The lowest BCUT2D eigenvalue weighted by Crippen LogP contribution is -2.16. The van der Waals surface area contributed by atoms with Crippen molar-refractivity contribution in [2.45, 2.75) is 32.6 Å². The summed E-state index contributed by atoms with van der Waals surface area (Å²) in [5, 5.41) is 10.7. The lowest BCUT2D eigenvalue weighted by atomic mass is 9.99. The van der Waals surface area contributed by atoms with E-state index in [1.807, 2.05) is 0 Å². The summed E-state index contributed by atoms with van der Waals surface area (Å²) >= 11 is 1.15. The Morgan fingerprint density at radius 1 is 1.28 bits per heavy atom. The van der Waals surface area contributed by atoms with Crippen LogP contribution in [0.15, 0.2) is 63.5 Å². The van der Waals surface area contributed by atoms with E-state index < -0.39 is 28.7 Å². The SMILES string of the molecule is COC(=O)/C=C/CCC(C)c1cc(O)c(C(=O)/C(C)=C/c2cnc(Oc3ccc(F)cc3)s2)c(=O)o1. The number of ketones is 1. The van der Waals surface area contributed by atoms with Gasteiger partial charge in [-0.2, -0.15) is 0 Å². The minimum atomic E-state index is -0.940. The van der Waals surface area contributed by atoms with E-state index in [-0.39, 0.29) is 28.3 Å². The molecule has 1 N–H and O–H groups in total. The summed E-state index contributed by atoms with van der Waals surface area (Å²) in [4.78, 5) is 41.2. The molecule has 0 aliphatic carbocycles. The Morgan fingerprint density at radius 2 is 2.00 bits per heavy atom. The molecule has 0 bridgehead atoms. The van der Waals surface area contributed by atoms with Gasteiger partial charge in [0.2, 0.25) is 0 Å². The molecule has 2 aromatic heterocycles. The number of thiazole rings is 1. The Labute approximate surface area is 210 Å². The lowest BCUT2D eigenvalue weighted by molar-refractivity contribution is -0.134. The molecule has 0 aliphatic rings. The molecule has 0 spiro atoms. The highest BCUT2D eigenvalue weighted by Crippen LogP contribution is 2.29. The van der Waals surface area contributed by atoms with E-state index in [0.29, 0.717) is 23.5 Å². The van der Waals surface area contributed by atoms with Crippen LogP contribution in [0.1, 0.15) is 53.6 Å². The van der Waals surface area contributed by atoms with Gasteiger partial charge in [0.25, 0.3) is 5.19 Å². The zero-order valence-electron chi connectivity index (χ0n) is 19.8. The zero-order chi connectivity index (χ0) is 26.2. The number of hydrogen-bond acceptors (Lipinski definition) is 9. The summed E-state index contributed by atoms with van der Waals surface area (Å²) in [7, 11) is 1.28. The van der Waals surface area contributed by atoms with Crippen molar-refractivity contribution in [2.75, 3.05) is 7.11 Å². The number of rotatable bonds is 10. The standard InChI is InChI=1S/C26H24FNO7S/c1-15(6-4-5-7-22(30)33-3)21-13-20(29)23(25(32)35-21)24(31)16(2)12-19-14-28-26(36-19)34-18-10-8-17(27)9-11-18/h5,7-15,29H,4,6H2,1-3H3/b7-5+,16-12+. The first-order valence-corrected chi connectivity index (χ1v) is 11.7. The number of halogens is 1. The minimum absolute atomic E-state index is 0.184. The van der Waals surface area contributed by atoms with Crippen LogP contribution in [0.2, 0.25) is 0 Å². The van der Waals surface area contributed by atoms with Gasteiger partial charge >= 0.3 is 11.6 Å². The molecular weight excluding hydrogens is 489 g/mol. The monoisotopic (exact) mass is 513 g/mol. The number of carbonyl (C=O) groups excluding carboxylic acids is 2. The van der Waals surface area contributed by atoms with Crippen molar-refractivity contribution in [3.05, 3.63) is 86.7 Å². The number of ether oxygens (including phenoxy) is 2. The van der Waals surface area contributed by atoms with E-state index in [9.17, 15) is 23.9 Å². The molecule has 0 saturated carbocycles. The number of nitrogens with zero attached hydrogens (tertiary/aromatic N) is 1. The second kappa shape index (κ2) is 12.1. The van der Waals surface area contributed by atoms with Gasteiger partial charge in [-0.05, 0) is 55.7 Å². The topological polar surface area (TPSA) is 116 Å². The van der Waals surface area contributed by atoms with Crippen molar-refractivity contribution in [3.8, 4) is 16.7 Å². The third-order valence-electron chi connectivity index (χ3n) is 5.12. The summed E-state index contributed by atoms with van der Waals surface area (Å²) in [6.07, 6.45) is 7.00. The van der Waals surface area contributed by atoms with Gasteiger partial charge in [-0.25, -0.2) is 19.0 Å².